The highest BCUT2D eigenvalue weighted by Crippen LogP contribution is 2.22. The van der Waals surface area contributed by atoms with Crippen molar-refractivity contribution in [1.82, 2.24) is 4.90 Å². The maximum atomic E-state index is 12.1. The van der Waals surface area contributed by atoms with Crippen molar-refractivity contribution in [1.29, 1.82) is 0 Å². The highest BCUT2D eigenvalue weighted by molar-refractivity contribution is 5.91. The van der Waals surface area contributed by atoms with Gasteiger partial charge in [0.05, 0.1) is 6.10 Å². The first-order chi connectivity index (χ1) is 8.61. The summed E-state index contributed by atoms with van der Waals surface area (Å²) in [6, 6.07) is 3.42. The molecule has 0 saturated carbocycles. The van der Waals surface area contributed by atoms with Crippen LogP contribution in [0.1, 0.15) is 29.7 Å². The van der Waals surface area contributed by atoms with Crippen LogP contribution in [0, 0.1) is 5.92 Å². The van der Waals surface area contributed by atoms with Crippen molar-refractivity contribution in [3.63, 3.8) is 0 Å². The van der Waals surface area contributed by atoms with Crippen LogP contribution in [0.5, 0.6) is 0 Å². The molecule has 1 amide bonds. The average molecular weight is 253 g/mol. The van der Waals surface area contributed by atoms with Gasteiger partial charge in [-0.2, -0.15) is 0 Å². The number of nitrogens with zero attached hydrogens (tertiary/aromatic N) is 1. The van der Waals surface area contributed by atoms with Crippen LogP contribution in [0.3, 0.4) is 0 Å². The molecule has 5 heteroatoms. The molecule has 100 valence electrons. The molecule has 0 radical (unpaired) electrons. The number of rotatable bonds is 4. The number of carbonyl (C=O) groups excluding carboxylic acids is 1. The largest absolute Gasteiger partial charge is 0.453 e. The minimum Gasteiger partial charge on any atom is -0.453 e. The Morgan fingerprint density at radius 3 is 3.06 bits per heavy atom. The van der Waals surface area contributed by atoms with Crippen LogP contribution in [0.25, 0.3) is 0 Å². The van der Waals surface area contributed by atoms with Gasteiger partial charge in [0.2, 0.25) is 0 Å². The number of likely N-dealkylation sites (tertiary alicyclic amines) is 1. The SMILES string of the molecule is COCc1ccc(C(=O)N2CCC(C(C)O)C2)o1. The number of methoxy groups -OCH3 is 1. The van der Waals surface area contributed by atoms with Gasteiger partial charge in [-0.1, -0.05) is 0 Å². The van der Waals surface area contributed by atoms with E-state index >= 15 is 0 Å². The van der Waals surface area contributed by atoms with Crippen molar-refractivity contribution < 1.29 is 19.1 Å². The zero-order valence-electron chi connectivity index (χ0n) is 10.8. The van der Waals surface area contributed by atoms with Gasteiger partial charge in [0, 0.05) is 26.1 Å². The normalized spacial score (nSPS) is 21.3. The number of amides is 1. The monoisotopic (exact) mass is 253 g/mol. The second-order valence-corrected chi connectivity index (χ2v) is 4.74. The average Bonchev–Trinajstić information content (AvgIpc) is 2.97. The lowest BCUT2D eigenvalue weighted by atomic mass is 10.0. The minimum atomic E-state index is -0.372. The van der Waals surface area contributed by atoms with E-state index < -0.39 is 0 Å². The first-order valence-electron chi connectivity index (χ1n) is 6.16. The van der Waals surface area contributed by atoms with E-state index in [0.29, 0.717) is 31.2 Å². The smallest absolute Gasteiger partial charge is 0.289 e. The maximum absolute atomic E-state index is 12.1. The predicted octanol–water partition coefficient (Wildman–Crippen LogP) is 1.27. The Morgan fingerprint density at radius 1 is 1.67 bits per heavy atom. The molecule has 1 N–H and O–H groups in total. The van der Waals surface area contributed by atoms with Crippen LogP contribution in [0.15, 0.2) is 16.5 Å². The molecule has 0 bridgehead atoms. The fourth-order valence-corrected chi connectivity index (χ4v) is 2.23. The zero-order chi connectivity index (χ0) is 13.1. The standard InChI is InChI=1S/C13H19NO4/c1-9(15)10-5-6-14(7-10)13(16)12-4-3-11(18-12)8-17-2/h3-4,9-10,15H,5-8H2,1-2H3. The number of ether oxygens (including phenoxy) is 1. The van der Waals surface area contributed by atoms with Gasteiger partial charge in [-0.3, -0.25) is 4.79 Å². The van der Waals surface area contributed by atoms with Gasteiger partial charge < -0.3 is 19.2 Å². The highest BCUT2D eigenvalue weighted by atomic mass is 16.5. The second kappa shape index (κ2) is 5.54. The maximum Gasteiger partial charge on any atom is 0.289 e. The molecule has 18 heavy (non-hydrogen) atoms. The van der Waals surface area contributed by atoms with Crippen molar-refractivity contribution >= 4 is 5.91 Å². The Hall–Kier alpha value is -1.33. The van der Waals surface area contributed by atoms with Gasteiger partial charge in [-0.15, -0.1) is 0 Å². The van der Waals surface area contributed by atoms with E-state index in [1.165, 1.54) is 0 Å². The van der Waals surface area contributed by atoms with Crippen LogP contribution >= 0.6 is 0 Å². The number of hydrogen-bond donors (Lipinski definition) is 1. The van der Waals surface area contributed by atoms with E-state index in [2.05, 4.69) is 0 Å². The lowest BCUT2D eigenvalue weighted by Gasteiger charge is -2.16. The van der Waals surface area contributed by atoms with E-state index in [0.717, 1.165) is 6.42 Å². The van der Waals surface area contributed by atoms with Crippen molar-refractivity contribution in [2.45, 2.75) is 26.1 Å². The summed E-state index contributed by atoms with van der Waals surface area (Å²) in [6.45, 7) is 3.40. The Morgan fingerprint density at radius 2 is 2.44 bits per heavy atom. The van der Waals surface area contributed by atoms with Crippen LogP contribution in [0.2, 0.25) is 0 Å². The predicted molar refractivity (Wildman–Crippen MR) is 65.1 cm³/mol. The molecule has 2 rings (SSSR count). The van der Waals surface area contributed by atoms with E-state index in [-0.39, 0.29) is 17.9 Å². The zero-order valence-corrected chi connectivity index (χ0v) is 10.8. The summed E-state index contributed by atoms with van der Waals surface area (Å²) in [7, 11) is 1.58. The molecule has 0 spiro atoms. The number of aliphatic hydroxyl groups is 1. The third kappa shape index (κ3) is 2.73. The molecule has 0 aliphatic carbocycles. The quantitative estimate of drug-likeness (QED) is 0.877. The number of aliphatic hydroxyl groups excluding tert-OH is 1. The lowest BCUT2D eigenvalue weighted by molar-refractivity contribution is 0.0724. The molecule has 2 heterocycles. The van der Waals surface area contributed by atoms with Crippen LogP contribution in [0.4, 0.5) is 0 Å². The summed E-state index contributed by atoms with van der Waals surface area (Å²) in [6.07, 6.45) is 0.471. The fraction of sp³-hybridized carbons (Fsp3) is 0.615. The second-order valence-electron chi connectivity index (χ2n) is 4.74. The van der Waals surface area contributed by atoms with Crippen molar-refractivity contribution in [2.75, 3.05) is 20.2 Å². The molecule has 5 nitrogen and oxygen atoms in total. The third-order valence-corrected chi connectivity index (χ3v) is 3.35. The summed E-state index contributed by atoms with van der Waals surface area (Å²) in [5.41, 5.74) is 0. The van der Waals surface area contributed by atoms with E-state index in [1.54, 1.807) is 31.1 Å². The molecule has 1 saturated heterocycles. The number of furan rings is 1. The van der Waals surface area contributed by atoms with Gasteiger partial charge in [-0.25, -0.2) is 0 Å². The van der Waals surface area contributed by atoms with Gasteiger partial charge in [0.25, 0.3) is 5.91 Å². The topological polar surface area (TPSA) is 62.9 Å². The van der Waals surface area contributed by atoms with E-state index in [4.69, 9.17) is 9.15 Å². The van der Waals surface area contributed by atoms with Gasteiger partial charge >= 0.3 is 0 Å². The summed E-state index contributed by atoms with van der Waals surface area (Å²) >= 11 is 0. The summed E-state index contributed by atoms with van der Waals surface area (Å²) in [5, 5.41) is 9.52. The Bertz CT molecular complexity index is 413. The minimum absolute atomic E-state index is 0.111. The molecule has 1 aromatic heterocycles. The number of carbonyl (C=O) groups is 1. The van der Waals surface area contributed by atoms with E-state index in [1.807, 2.05) is 0 Å². The summed E-state index contributed by atoms with van der Waals surface area (Å²) in [5.74, 6) is 1.04. The lowest BCUT2D eigenvalue weighted by Crippen LogP contribution is -2.30. The molecule has 1 aliphatic heterocycles. The van der Waals surface area contributed by atoms with Gasteiger partial charge in [0.1, 0.15) is 12.4 Å². The Balaban J connectivity index is 1.99. The van der Waals surface area contributed by atoms with Crippen molar-refractivity contribution in [3.8, 4) is 0 Å². The Kier molecular flexibility index (Phi) is 4.04. The highest BCUT2D eigenvalue weighted by Gasteiger charge is 2.30. The summed E-state index contributed by atoms with van der Waals surface area (Å²) in [4.78, 5) is 13.9. The molecule has 1 fully saturated rings. The molecule has 2 atom stereocenters. The van der Waals surface area contributed by atoms with E-state index in [9.17, 15) is 9.90 Å². The van der Waals surface area contributed by atoms with Gasteiger partial charge in [0.15, 0.2) is 5.76 Å². The van der Waals surface area contributed by atoms with Crippen LogP contribution < -0.4 is 0 Å². The fourth-order valence-electron chi connectivity index (χ4n) is 2.23. The molecular formula is C13H19NO4. The molecule has 0 aromatic carbocycles. The third-order valence-electron chi connectivity index (χ3n) is 3.35. The molecule has 2 unspecified atom stereocenters. The summed E-state index contributed by atoms with van der Waals surface area (Å²) < 4.78 is 10.4. The van der Waals surface area contributed by atoms with Crippen LogP contribution in [-0.2, 0) is 11.3 Å². The van der Waals surface area contributed by atoms with Crippen molar-refractivity contribution in [3.05, 3.63) is 23.7 Å². The number of hydrogen-bond acceptors (Lipinski definition) is 4. The van der Waals surface area contributed by atoms with Gasteiger partial charge in [-0.05, 0) is 25.5 Å². The first-order valence-corrected chi connectivity index (χ1v) is 6.16. The first kappa shape index (κ1) is 13.1. The van der Waals surface area contributed by atoms with Crippen molar-refractivity contribution in [2.24, 2.45) is 5.92 Å². The molecule has 1 aliphatic rings. The Labute approximate surface area is 106 Å². The van der Waals surface area contributed by atoms with Crippen LogP contribution in [-0.4, -0.2) is 42.2 Å². The molecular weight excluding hydrogens is 234 g/mol. The molecule has 1 aromatic rings.